The molecule has 0 amide bonds. The molecule has 2 aromatic rings. The number of thiazole rings is 1. The first-order chi connectivity index (χ1) is 9.17. The molecule has 2 aromatic heterocycles. The monoisotopic (exact) mass is 295 g/mol. The Hall–Kier alpha value is -1.34. The molecule has 5 nitrogen and oxygen atoms in total. The average Bonchev–Trinajstić information content (AvgIpc) is 2.76. The van der Waals surface area contributed by atoms with E-state index in [4.69, 9.17) is 5.73 Å². The first kappa shape index (κ1) is 14.1. The van der Waals surface area contributed by atoms with Gasteiger partial charge in [-0.05, 0) is 13.2 Å². The lowest BCUT2D eigenvalue weighted by atomic mass is 10.3. The van der Waals surface area contributed by atoms with Gasteiger partial charge in [0.1, 0.15) is 10.8 Å². The van der Waals surface area contributed by atoms with Gasteiger partial charge in [0, 0.05) is 35.9 Å². The molecule has 102 valence electrons. The Kier molecular flexibility index (Phi) is 4.98. The first-order valence-electron chi connectivity index (χ1n) is 5.94. The molecule has 0 radical (unpaired) electrons. The van der Waals surface area contributed by atoms with Crippen molar-refractivity contribution < 1.29 is 0 Å². The third-order valence-corrected chi connectivity index (χ3v) is 4.07. The lowest BCUT2D eigenvalue weighted by Gasteiger charge is -2.05. The summed E-state index contributed by atoms with van der Waals surface area (Å²) in [4.78, 5) is 12.7. The molecule has 2 rings (SSSR count). The van der Waals surface area contributed by atoms with Crippen molar-refractivity contribution in [3.8, 4) is 0 Å². The summed E-state index contributed by atoms with van der Waals surface area (Å²) in [6, 6.07) is 1.89. The lowest BCUT2D eigenvalue weighted by Crippen LogP contribution is -2.08. The molecular weight excluding hydrogens is 278 g/mol. The Morgan fingerprint density at radius 1 is 1.37 bits per heavy atom. The van der Waals surface area contributed by atoms with E-state index in [2.05, 4.69) is 31.9 Å². The standard InChI is InChI=1S/C12H17N5S2/c1-8-5-10(17-12(13)15-8)14-4-3-9-6-19-11(16-9)7-18-2/h5-6H,3-4,7H2,1-2H3,(H3,13,14,15,17). The van der Waals surface area contributed by atoms with E-state index in [9.17, 15) is 0 Å². The molecule has 0 saturated carbocycles. The third-order valence-electron chi connectivity index (χ3n) is 2.43. The summed E-state index contributed by atoms with van der Waals surface area (Å²) < 4.78 is 0. The van der Waals surface area contributed by atoms with Gasteiger partial charge in [-0.3, -0.25) is 0 Å². The highest BCUT2D eigenvalue weighted by Gasteiger charge is 2.02. The van der Waals surface area contributed by atoms with E-state index < -0.39 is 0 Å². The van der Waals surface area contributed by atoms with Crippen molar-refractivity contribution >= 4 is 34.9 Å². The summed E-state index contributed by atoms with van der Waals surface area (Å²) in [7, 11) is 0. The molecule has 0 aliphatic rings. The summed E-state index contributed by atoms with van der Waals surface area (Å²) in [5.74, 6) is 2.06. The second kappa shape index (κ2) is 6.72. The van der Waals surface area contributed by atoms with Crippen LogP contribution in [-0.2, 0) is 12.2 Å². The van der Waals surface area contributed by atoms with E-state index in [1.54, 1.807) is 23.1 Å². The van der Waals surface area contributed by atoms with Gasteiger partial charge in [0.15, 0.2) is 0 Å². The number of nitrogens with one attached hydrogen (secondary N) is 1. The Morgan fingerprint density at radius 3 is 2.95 bits per heavy atom. The molecule has 0 aromatic carbocycles. The number of aromatic nitrogens is 3. The molecule has 0 bridgehead atoms. The molecule has 0 saturated heterocycles. The Bertz CT molecular complexity index is 520. The molecule has 7 heteroatoms. The minimum absolute atomic E-state index is 0.304. The average molecular weight is 295 g/mol. The second-order valence-electron chi connectivity index (χ2n) is 4.10. The van der Waals surface area contributed by atoms with Crippen LogP contribution >= 0.6 is 23.1 Å². The Balaban J connectivity index is 1.85. The summed E-state index contributed by atoms with van der Waals surface area (Å²) in [5, 5.41) is 6.55. The summed E-state index contributed by atoms with van der Waals surface area (Å²) in [6.45, 7) is 2.69. The zero-order chi connectivity index (χ0) is 13.7. The normalized spacial score (nSPS) is 10.6. The van der Waals surface area contributed by atoms with Gasteiger partial charge >= 0.3 is 0 Å². The maximum Gasteiger partial charge on any atom is 0.222 e. The molecule has 0 aliphatic heterocycles. The van der Waals surface area contributed by atoms with Gasteiger partial charge in [0.05, 0.1) is 5.69 Å². The SMILES string of the molecule is CSCc1nc(CCNc2cc(C)nc(N)n2)cs1. The van der Waals surface area contributed by atoms with Crippen LogP contribution in [0, 0.1) is 6.92 Å². The minimum atomic E-state index is 0.304. The number of hydrogen-bond donors (Lipinski definition) is 2. The van der Waals surface area contributed by atoms with Crippen LogP contribution in [0.5, 0.6) is 0 Å². The number of anilines is 2. The molecule has 0 aliphatic carbocycles. The molecule has 2 heterocycles. The summed E-state index contributed by atoms with van der Waals surface area (Å²) in [5.41, 5.74) is 7.60. The van der Waals surface area contributed by atoms with E-state index in [0.717, 1.165) is 35.9 Å². The zero-order valence-electron chi connectivity index (χ0n) is 11.0. The van der Waals surface area contributed by atoms with Crippen LogP contribution in [0.2, 0.25) is 0 Å². The summed E-state index contributed by atoms with van der Waals surface area (Å²) in [6.07, 6.45) is 2.97. The maximum absolute atomic E-state index is 5.60. The number of aryl methyl sites for hydroxylation is 1. The van der Waals surface area contributed by atoms with Gasteiger partial charge in [0.25, 0.3) is 0 Å². The van der Waals surface area contributed by atoms with Crippen LogP contribution in [0.1, 0.15) is 16.4 Å². The van der Waals surface area contributed by atoms with E-state index in [1.165, 1.54) is 5.01 Å². The van der Waals surface area contributed by atoms with Gasteiger partial charge in [-0.1, -0.05) is 0 Å². The number of nitrogen functional groups attached to an aromatic ring is 1. The minimum Gasteiger partial charge on any atom is -0.370 e. The van der Waals surface area contributed by atoms with Crippen LogP contribution in [0.3, 0.4) is 0 Å². The van der Waals surface area contributed by atoms with E-state index in [1.807, 2.05) is 13.0 Å². The van der Waals surface area contributed by atoms with E-state index >= 15 is 0 Å². The Morgan fingerprint density at radius 2 is 2.21 bits per heavy atom. The molecule has 0 atom stereocenters. The molecule has 3 N–H and O–H groups in total. The highest BCUT2D eigenvalue weighted by atomic mass is 32.2. The maximum atomic E-state index is 5.60. The van der Waals surface area contributed by atoms with Crippen molar-refractivity contribution in [3.63, 3.8) is 0 Å². The van der Waals surface area contributed by atoms with Gasteiger partial charge in [0.2, 0.25) is 5.95 Å². The number of hydrogen-bond acceptors (Lipinski definition) is 7. The second-order valence-corrected chi connectivity index (χ2v) is 5.90. The number of rotatable bonds is 6. The van der Waals surface area contributed by atoms with E-state index in [-0.39, 0.29) is 0 Å². The molecule has 0 spiro atoms. The number of nitrogens with two attached hydrogens (primary N) is 1. The van der Waals surface area contributed by atoms with Gasteiger partial charge in [-0.2, -0.15) is 16.7 Å². The van der Waals surface area contributed by atoms with Gasteiger partial charge in [-0.15, -0.1) is 11.3 Å². The highest BCUT2D eigenvalue weighted by Crippen LogP contribution is 2.15. The van der Waals surface area contributed by atoms with Crippen molar-refractivity contribution in [2.24, 2.45) is 0 Å². The smallest absolute Gasteiger partial charge is 0.222 e. The van der Waals surface area contributed by atoms with Crippen LogP contribution in [0.4, 0.5) is 11.8 Å². The molecule has 0 fully saturated rings. The largest absolute Gasteiger partial charge is 0.370 e. The highest BCUT2D eigenvalue weighted by molar-refractivity contribution is 7.97. The predicted molar refractivity (Wildman–Crippen MR) is 82.7 cm³/mol. The predicted octanol–water partition coefficient (Wildman–Crippen LogP) is 2.34. The summed E-state index contributed by atoms with van der Waals surface area (Å²) >= 11 is 3.51. The molecule has 19 heavy (non-hydrogen) atoms. The van der Waals surface area contributed by atoms with Crippen molar-refractivity contribution in [1.29, 1.82) is 0 Å². The van der Waals surface area contributed by atoms with Crippen LogP contribution in [-0.4, -0.2) is 27.8 Å². The molecular formula is C12H17N5S2. The fraction of sp³-hybridized carbons (Fsp3) is 0.417. The lowest BCUT2D eigenvalue weighted by molar-refractivity contribution is 0.954. The van der Waals surface area contributed by atoms with Crippen molar-refractivity contribution in [3.05, 3.63) is 27.8 Å². The number of nitrogens with zero attached hydrogens (tertiary/aromatic N) is 3. The van der Waals surface area contributed by atoms with Crippen LogP contribution in [0.15, 0.2) is 11.4 Å². The van der Waals surface area contributed by atoms with Crippen LogP contribution < -0.4 is 11.1 Å². The van der Waals surface area contributed by atoms with Crippen molar-refractivity contribution in [1.82, 2.24) is 15.0 Å². The van der Waals surface area contributed by atoms with Crippen molar-refractivity contribution in [2.45, 2.75) is 19.1 Å². The fourth-order valence-electron chi connectivity index (χ4n) is 1.65. The fourth-order valence-corrected chi connectivity index (χ4v) is 3.20. The van der Waals surface area contributed by atoms with Crippen molar-refractivity contribution in [2.75, 3.05) is 23.9 Å². The van der Waals surface area contributed by atoms with Gasteiger partial charge < -0.3 is 11.1 Å². The topological polar surface area (TPSA) is 76.7 Å². The quantitative estimate of drug-likeness (QED) is 0.852. The van der Waals surface area contributed by atoms with Gasteiger partial charge in [-0.25, -0.2) is 9.97 Å². The Labute approximate surface area is 121 Å². The zero-order valence-corrected chi connectivity index (χ0v) is 12.6. The number of thioether (sulfide) groups is 1. The first-order valence-corrected chi connectivity index (χ1v) is 8.22. The van der Waals surface area contributed by atoms with E-state index in [0.29, 0.717) is 5.95 Å². The van der Waals surface area contributed by atoms with Crippen LogP contribution in [0.25, 0.3) is 0 Å². The third kappa shape index (κ3) is 4.36. The molecule has 0 unspecified atom stereocenters.